The van der Waals surface area contributed by atoms with E-state index < -0.39 is 10.1 Å². The Morgan fingerprint density at radius 1 is 0.448 bits per heavy atom. The Kier molecular flexibility index (Phi) is 22.5. The minimum Gasteiger partial charge on any atom is -0.273 e. The molecular formula is C25H52O3S. The molecule has 0 aliphatic heterocycles. The molecule has 0 aliphatic rings. The monoisotopic (exact) mass is 432 g/mol. The highest BCUT2D eigenvalue weighted by Crippen LogP contribution is 2.15. The van der Waals surface area contributed by atoms with Crippen LogP contribution in [0.1, 0.15) is 148 Å². The minimum atomic E-state index is -3.25. The van der Waals surface area contributed by atoms with Crippen LogP contribution in [0, 0.1) is 0 Å². The van der Waals surface area contributed by atoms with Gasteiger partial charge in [-0.25, -0.2) is 0 Å². The molecule has 4 heteroatoms. The van der Waals surface area contributed by atoms with Crippen LogP contribution in [0.3, 0.4) is 0 Å². The van der Waals surface area contributed by atoms with Crippen molar-refractivity contribution < 1.29 is 12.6 Å². The van der Waals surface area contributed by atoms with Crippen molar-refractivity contribution in [1.29, 1.82) is 0 Å². The summed E-state index contributed by atoms with van der Waals surface area (Å²) >= 11 is 0. The Morgan fingerprint density at radius 3 is 0.931 bits per heavy atom. The third-order valence-corrected chi connectivity index (χ3v) is 7.30. The number of unbranched alkanes of at least 4 members (excludes halogenated alkanes) is 21. The molecule has 0 rings (SSSR count). The molecule has 0 saturated carbocycles. The molecule has 0 aliphatic carbocycles. The Bertz CT molecular complexity index is 406. The van der Waals surface area contributed by atoms with Crippen molar-refractivity contribution in [2.75, 3.05) is 12.9 Å². The van der Waals surface area contributed by atoms with Crippen molar-refractivity contribution in [3.8, 4) is 0 Å². The zero-order valence-corrected chi connectivity index (χ0v) is 20.7. The van der Waals surface area contributed by atoms with Crippen LogP contribution in [0.15, 0.2) is 0 Å². The van der Waals surface area contributed by atoms with Crippen LogP contribution in [0.4, 0.5) is 0 Å². The average molecular weight is 433 g/mol. The molecule has 0 aromatic carbocycles. The van der Waals surface area contributed by atoms with Gasteiger partial charge < -0.3 is 0 Å². The maximum atomic E-state index is 11.2. The standard InChI is InChI=1S/C25H52O3S/c1-3-4-5-6-7-8-9-10-11-12-13-14-15-16-17-18-19-20-21-22-23-24-25-29(26,27)28-2/h3-25H2,1-2H3. The molecule has 0 fully saturated rings. The van der Waals surface area contributed by atoms with Crippen LogP contribution < -0.4 is 0 Å². The fourth-order valence-electron chi connectivity index (χ4n) is 3.97. The summed E-state index contributed by atoms with van der Waals surface area (Å²) in [5.74, 6) is 0.169. The van der Waals surface area contributed by atoms with E-state index in [4.69, 9.17) is 0 Å². The molecule has 0 spiro atoms. The Morgan fingerprint density at radius 2 is 0.690 bits per heavy atom. The summed E-state index contributed by atoms with van der Waals surface area (Å²) < 4.78 is 26.8. The lowest BCUT2D eigenvalue weighted by Crippen LogP contribution is -2.07. The van der Waals surface area contributed by atoms with E-state index in [0.717, 1.165) is 19.3 Å². The van der Waals surface area contributed by atoms with Gasteiger partial charge in [-0.3, -0.25) is 4.18 Å². The van der Waals surface area contributed by atoms with E-state index >= 15 is 0 Å². The number of rotatable bonds is 24. The van der Waals surface area contributed by atoms with E-state index in [1.165, 1.54) is 129 Å². The highest BCUT2D eigenvalue weighted by Gasteiger charge is 2.06. The summed E-state index contributed by atoms with van der Waals surface area (Å²) in [6, 6.07) is 0. The third kappa shape index (κ3) is 24.1. The molecule has 0 aromatic heterocycles. The van der Waals surface area contributed by atoms with Crippen molar-refractivity contribution in [2.24, 2.45) is 0 Å². The van der Waals surface area contributed by atoms with Gasteiger partial charge in [-0.2, -0.15) is 8.42 Å². The topological polar surface area (TPSA) is 43.4 Å². The molecule has 0 unspecified atom stereocenters. The first-order chi connectivity index (χ1) is 14.1. The van der Waals surface area contributed by atoms with E-state index in [9.17, 15) is 8.42 Å². The normalized spacial score (nSPS) is 11.9. The van der Waals surface area contributed by atoms with Gasteiger partial charge >= 0.3 is 0 Å². The largest absolute Gasteiger partial charge is 0.273 e. The molecule has 0 aromatic rings. The maximum absolute atomic E-state index is 11.2. The van der Waals surface area contributed by atoms with Gasteiger partial charge in [0.15, 0.2) is 0 Å². The van der Waals surface area contributed by atoms with Gasteiger partial charge in [0.05, 0.1) is 12.9 Å². The van der Waals surface area contributed by atoms with Gasteiger partial charge in [-0.1, -0.05) is 142 Å². The Balaban J connectivity index is 3.07. The first-order valence-corrected chi connectivity index (χ1v) is 14.5. The minimum absolute atomic E-state index is 0.169. The summed E-state index contributed by atoms with van der Waals surface area (Å²) in [6.45, 7) is 2.29. The smallest absolute Gasteiger partial charge is 0.267 e. The van der Waals surface area contributed by atoms with Crippen LogP contribution >= 0.6 is 0 Å². The number of hydrogen-bond donors (Lipinski definition) is 0. The molecule has 176 valence electrons. The first-order valence-electron chi connectivity index (χ1n) is 12.9. The Hall–Kier alpha value is -0.0900. The van der Waals surface area contributed by atoms with Crippen molar-refractivity contribution in [2.45, 2.75) is 148 Å². The van der Waals surface area contributed by atoms with Crippen LogP contribution in [0.2, 0.25) is 0 Å². The highest BCUT2D eigenvalue weighted by atomic mass is 32.2. The molecular weight excluding hydrogens is 380 g/mol. The van der Waals surface area contributed by atoms with Gasteiger partial charge in [-0.05, 0) is 6.42 Å². The summed E-state index contributed by atoms with van der Waals surface area (Å²) in [7, 11) is -2.00. The average Bonchev–Trinajstić information content (AvgIpc) is 2.71. The first kappa shape index (κ1) is 28.9. The summed E-state index contributed by atoms with van der Waals surface area (Å²) in [4.78, 5) is 0. The van der Waals surface area contributed by atoms with Gasteiger partial charge in [0.25, 0.3) is 10.1 Å². The zero-order chi connectivity index (χ0) is 21.5. The van der Waals surface area contributed by atoms with E-state index in [-0.39, 0.29) is 5.75 Å². The Labute approximate surface area is 183 Å². The predicted molar refractivity (Wildman–Crippen MR) is 128 cm³/mol. The molecule has 0 radical (unpaired) electrons. The van der Waals surface area contributed by atoms with E-state index in [1.807, 2.05) is 0 Å². The molecule has 29 heavy (non-hydrogen) atoms. The highest BCUT2D eigenvalue weighted by molar-refractivity contribution is 7.86. The summed E-state index contributed by atoms with van der Waals surface area (Å²) in [6.07, 6.45) is 29.6. The molecule has 0 atom stereocenters. The lowest BCUT2D eigenvalue weighted by atomic mass is 10.0. The molecule has 0 N–H and O–H groups in total. The predicted octanol–water partition coefficient (Wildman–Crippen LogP) is 8.56. The fraction of sp³-hybridized carbons (Fsp3) is 1.00. The summed E-state index contributed by atoms with van der Waals surface area (Å²) in [5.41, 5.74) is 0. The molecule has 0 bridgehead atoms. The molecule has 0 saturated heterocycles. The second-order valence-corrected chi connectivity index (χ2v) is 10.7. The van der Waals surface area contributed by atoms with Crippen LogP contribution in [-0.4, -0.2) is 21.3 Å². The van der Waals surface area contributed by atoms with Crippen molar-refractivity contribution >= 4 is 10.1 Å². The van der Waals surface area contributed by atoms with Gasteiger partial charge in [0.2, 0.25) is 0 Å². The van der Waals surface area contributed by atoms with Gasteiger partial charge in [0.1, 0.15) is 0 Å². The van der Waals surface area contributed by atoms with E-state index in [1.54, 1.807) is 0 Å². The van der Waals surface area contributed by atoms with E-state index in [0.29, 0.717) is 0 Å². The third-order valence-electron chi connectivity index (χ3n) is 6.00. The van der Waals surface area contributed by atoms with Crippen LogP contribution in [-0.2, 0) is 14.3 Å². The maximum Gasteiger partial charge on any atom is 0.267 e. The van der Waals surface area contributed by atoms with Crippen molar-refractivity contribution in [3.63, 3.8) is 0 Å². The van der Waals surface area contributed by atoms with Gasteiger partial charge in [0, 0.05) is 0 Å². The second-order valence-electron chi connectivity index (χ2n) is 8.85. The molecule has 0 heterocycles. The second kappa shape index (κ2) is 22.6. The van der Waals surface area contributed by atoms with Gasteiger partial charge in [-0.15, -0.1) is 0 Å². The lowest BCUT2D eigenvalue weighted by molar-refractivity contribution is 0.396. The molecule has 3 nitrogen and oxygen atoms in total. The van der Waals surface area contributed by atoms with E-state index in [2.05, 4.69) is 11.1 Å². The quantitative estimate of drug-likeness (QED) is 0.113. The van der Waals surface area contributed by atoms with Crippen molar-refractivity contribution in [1.82, 2.24) is 0 Å². The fourth-order valence-corrected chi connectivity index (χ4v) is 4.70. The number of hydrogen-bond acceptors (Lipinski definition) is 3. The zero-order valence-electron chi connectivity index (χ0n) is 19.9. The SMILES string of the molecule is CCCCCCCCCCCCCCCCCCCCCCCCS(=O)(=O)OC. The van der Waals surface area contributed by atoms with Crippen LogP contribution in [0.25, 0.3) is 0 Å². The molecule has 0 amide bonds. The van der Waals surface area contributed by atoms with Crippen molar-refractivity contribution in [3.05, 3.63) is 0 Å². The summed E-state index contributed by atoms with van der Waals surface area (Å²) in [5, 5.41) is 0. The lowest BCUT2D eigenvalue weighted by Gasteiger charge is -2.04. The van der Waals surface area contributed by atoms with Crippen LogP contribution in [0.5, 0.6) is 0 Å².